The van der Waals surface area contributed by atoms with Gasteiger partial charge in [-0.1, -0.05) is 24.6 Å². The predicted molar refractivity (Wildman–Crippen MR) is 78.1 cm³/mol. The number of nitrogens with zero attached hydrogens (tertiary/aromatic N) is 2. The van der Waals surface area contributed by atoms with E-state index in [1.807, 2.05) is 6.92 Å². The molecule has 0 saturated carbocycles. The van der Waals surface area contributed by atoms with Gasteiger partial charge in [-0.2, -0.15) is 0 Å². The average Bonchev–Trinajstić information content (AvgIpc) is 2.78. The highest BCUT2D eigenvalue weighted by atomic mass is 35.5. The van der Waals surface area contributed by atoms with Crippen LogP contribution in [0.2, 0.25) is 5.02 Å². The quantitative estimate of drug-likeness (QED) is 0.913. The van der Waals surface area contributed by atoms with Gasteiger partial charge in [-0.3, -0.25) is 0 Å². The van der Waals surface area contributed by atoms with E-state index in [0.717, 1.165) is 6.42 Å². The maximum absolute atomic E-state index is 13.8. The Hall–Kier alpha value is -1.44. The summed E-state index contributed by atoms with van der Waals surface area (Å²) in [6, 6.07) is 4.40. The molecule has 0 unspecified atom stereocenters. The van der Waals surface area contributed by atoms with Crippen molar-refractivity contribution in [3.05, 3.63) is 46.6 Å². The van der Waals surface area contributed by atoms with E-state index in [1.165, 1.54) is 18.3 Å². The zero-order chi connectivity index (χ0) is 15.6. The van der Waals surface area contributed by atoms with Crippen LogP contribution in [0.3, 0.4) is 0 Å². The molecular weight excluding hydrogens is 317 g/mol. The molecule has 21 heavy (non-hydrogen) atoms. The maximum Gasteiger partial charge on any atom is 0.257 e. The van der Waals surface area contributed by atoms with E-state index < -0.39 is 15.8 Å². The second kappa shape index (κ2) is 6.13. The van der Waals surface area contributed by atoms with E-state index in [0.29, 0.717) is 12.2 Å². The molecule has 5 nitrogen and oxygen atoms in total. The normalized spacial score (nSPS) is 11.8. The maximum atomic E-state index is 13.8. The number of rotatable bonds is 5. The number of halogens is 2. The Morgan fingerprint density at radius 1 is 1.43 bits per heavy atom. The summed E-state index contributed by atoms with van der Waals surface area (Å²) in [5.41, 5.74) is 0.287. The first kappa shape index (κ1) is 15.9. The van der Waals surface area contributed by atoms with E-state index in [9.17, 15) is 12.8 Å². The van der Waals surface area contributed by atoms with Gasteiger partial charge < -0.3 is 4.57 Å². The summed E-state index contributed by atoms with van der Waals surface area (Å²) in [6.45, 7) is 2.04. The van der Waals surface area contributed by atoms with Crippen molar-refractivity contribution in [2.24, 2.45) is 5.14 Å². The van der Waals surface area contributed by atoms with Crippen molar-refractivity contribution in [1.82, 2.24) is 9.55 Å². The molecule has 1 aromatic heterocycles. The molecule has 0 spiro atoms. The second-order valence-electron chi connectivity index (χ2n) is 4.62. The molecule has 0 saturated heterocycles. The molecule has 8 heteroatoms. The van der Waals surface area contributed by atoms with Gasteiger partial charge in [0.1, 0.15) is 11.6 Å². The van der Waals surface area contributed by atoms with Gasteiger partial charge in [0.25, 0.3) is 10.0 Å². The number of sulfonamides is 1. The van der Waals surface area contributed by atoms with Crippen molar-refractivity contribution >= 4 is 21.6 Å². The molecule has 2 rings (SSSR count). The fraction of sp³-hybridized carbons (Fsp3) is 0.308. The van der Waals surface area contributed by atoms with Crippen molar-refractivity contribution in [3.8, 4) is 0 Å². The van der Waals surface area contributed by atoms with E-state index in [1.54, 1.807) is 10.6 Å². The molecule has 0 radical (unpaired) electrons. The summed E-state index contributed by atoms with van der Waals surface area (Å²) in [5.74, 6) is 0.0802. The van der Waals surface area contributed by atoms with Crippen molar-refractivity contribution in [2.75, 3.05) is 0 Å². The van der Waals surface area contributed by atoms with E-state index in [4.69, 9.17) is 16.7 Å². The topological polar surface area (TPSA) is 78.0 Å². The zero-order valence-corrected chi connectivity index (χ0v) is 13.0. The Labute approximate surface area is 127 Å². The standard InChI is InChI=1S/C13H15ClFN3O2S/c1-2-4-12-17-13(21(16,19)20)8-18(12)7-9-10(14)5-3-6-11(9)15/h3,5-6,8H,2,4,7H2,1H3,(H2,16,19,20). The first-order chi connectivity index (χ1) is 9.82. The summed E-state index contributed by atoms with van der Waals surface area (Å²) < 4.78 is 38.2. The lowest BCUT2D eigenvalue weighted by Gasteiger charge is -2.09. The van der Waals surface area contributed by atoms with Crippen molar-refractivity contribution in [2.45, 2.75) is 31.3 Å². The molecule has 0 aliphatic rings. The summed E-state index contributed by atoms with van der Waals surface area (Å²) in [5, 5.41) is 5.14. The van der Waals surface area contributed by atoms with Crippen LogP contribution >= 0.6 is 11.6 Å². The van der Waals surface area contributed by atoms with Crippen LogP contribution in [-0.2, 0) is 23.0 Å². The van der Waals surface area contributed by atoms with Gasteiger partial charge in [0.15, 0.2) is 5.03 Å². The number of hydrogen-bond acceptors (Lipinski definition) is 3. The summed E-state index contributed by atoms with van der Waals surface area (Å²) >= 11 is 5.99. The van der Waals surface area contributed by atoms with Crippen molar-refractivity contribution < 1.29 is 12.8 Å². The number of benzene rings is 1. The summed E-state index contributed by atoms with van der Waals surface area (Å²) in [7, 11) is -3.89. The molecule has 0 atom stereocenters. The first-order valence-corrected chi connectivity index (χ1v) is 8.27. The van der Waals surface area contributed by atoms with Gasteiger partial charge in [0.05, 0.1) is 6.54 Å². The van der Waals surface area contributed by atoms with E-state index >= 15 is 0 Å². The van der Waals surface area contributed by atoms with Crippen LogP contribution in [0.25, 0.3) is 0 Å². The smallest absolute Gasteiger partial charge is 0.257 e. The Morgan fingerprint density at radius 3 is 2.71 bits per heavy atom. The third kappa shape index (κ3) is 3.61. The minimum absolute atomic E-state index is 0.101. The molecule has 1 aromatic carbocycles. The minimum atomic E-state index is -3.89. The van der Waals surface area contributed by atoms with Crippen LogP contribution in [0.15, 0.2) is 29.4 Å². The van der Waals surface area contributed by atoms with Crippen LogP contribution in [-0.4, -0.2) is 18.0 Å². The predicted octanol–water partition coefficient (Wildman–Crippen LogP) is 2.32. The van der Waals surface area contributed by atoms with Gasteiger partial charge in [-0.05, 0) is 18.6 Å². The molecule has 0 amide bonds. The molecule has 0 bridgehead atoms. The lowest BCUT2D eigenvalue weighted by Crippen LogP contribution is -2.12. The van der Waals surface area contributed by atoms with Crippen LogP contribution < -0.4 is 5.14 Å². The molecule has 0 aliphatic carbocycles. The number of nitrogens with two attached hydrogens (primary N) is 1. The monoisotopic (exact) mass is 331 g/mol. The SMILES string of the molecule is CCCc1nc(S(N)(=O)=O)cn1Cc1c(F)cccc1Cl. The molecule has 1 heterocycles. The molecule has 114 valence electrons. The largest absolute Gasteiger partial charge is 0.329 e. The highest BCUT2D eigenvalue weighted by molar-refractivity contribution is 7.89. The van der Waals surface area contributed by atoms with Crippen LogP contribution in [0.1, 0.15) is 24.7 Å². The van der Waals surface area contributed by atoms with Gasteiger partial charge in [0.2, 0.25) is 0 Å². The number of primary sulfonamides is 1. The van der Waals surface area contributed by atoms with Gasteiger partial charge >= 0.3 is 0 Å². The third-order valence-electron chi connectivity index (χ3n) is 2.99. The second-order valence-corrected chi connectivity index (χ2v) is 6.53. The third-order valence-corrected chi connectivity index (χ3v) is 4.13. The van der Waals surface area contributed by atoms with Crippen molar-refractivity contribution in [1.29, 1.82) is 0 Å². The summed E-state index contributed by atoms with van der Waals surface area (Å²) in [4.78, 5) is 4.01. The van der Waals surface area contributed by atoms with Crippen molar-refractivity contribution in [3.63, 3.8) is 0 Å². The Balaban J connectivity index is 2.46. The number of aryl methyl sites for hydroxylation is 1. The lowest BCUT2D eigenvalue weighted by atomic mass is 10.2. The number of hydrogen-bond donors (Lipinski definition) is 1. The van der Waals surface area contributed by atoms with E-state index in [2.05, 4.69) is 4.98 Å². The summed E-state index contributed by atoms with van der Waals surface area (Å²) in [6.07, 6.45) is 2.64. The Morgan fingerprint density at radius 2 is 2.14 bits per heavy atom. The highest BCUT2D eigenvalue weighted by Gasteiger charge is 2.17. The Kier molecular flexibility index (Phi) is 4.65. The van der Waals surface area contributed by atoms with Gasteiger partial charge in [-0.15, -0.1) is 0 Å². The molecule has 0 fully saturated rings. The van der Waals surface area contributed by atoms with Crippen LogP contribution in [0, 0.1) is 5.82 Å². The van der Waals surface area contributed by atoms with Gasteiger partial charge in [0, 0.05) is 23.2 Å². The molecule has 2 N–H and O–H groups in total. The van der Waals surface area contributed by atoms with Crippen LogP contribution in [0.5, 0.6) is 0 Å². The average molecular weight is 332 g/mol. The Bertz CT molecular complexity index is 739. The van der Waals surface area contributed by atoms with Crippen LogP contribution in [0.4, 0.5) is 4.39 Å². The van der Waals surface area contributed by atoms with E-state index in [-0.39, 0.29) is 22.2 Å². The fourth-order valence-corrected chi connectivity index (χ4v) is 2.71. The molecule has 2 aromatic rings. The highest BCUT2D eigenvalue weighted by Crippen LogP contribution is 2.21. The lowest BCUT2D eigenvalue weighted by molar-refractivity contribution is 0.593. The number of aromatic nitrogens is 2. The zero-order valence-electron chi connectivity index (χ0n) is 11.4. The van der Waals surface area contributed by atoms with Gasteiger partial charge in [-0.25, -0.2) is 22.9 Å². The fourth-order valence-electron chi connectivity index (χ4n) is 1.98. The first-order valence-electron chi connectivity index (χ1n) is 6.34. The number of imidazole rings is 1. The molecular formula is C13H15ClFN3O2S. The minimum Gasteiger partial charge on any atom is -0.329 e. The molecule has 0 aliphatic heterocycles.